The fourth-order valence-electron chi connectivity index (χ4n) is 1.94. The monoisotopic (exact) mass is 285 g/mol. The van der Waals surface area contributed by atoms with Gasteiger partial charge >= 0.3 is 0 Å². The molecule has 104 valence electrons. The predicted octanol–water partition coefficient (Wildman–Crippen LogP) is 4.81. The molecule has 0 fully saturated rings. The van der Waals surface area contributed by atoms with Crippen LogP contribution in [-0.2, 0) is 6.42 Å². The van der Waals surface area contributed by atoms with Gasteiger partial charge in [0.1, 0.15) is 5.75 Å². The van der Waals surface area contributed by atoms with E-state index in [0.29, 0.717) is 5.17 Å². The normalized spacial score (nSPS) is 10.1. The largest absolute Gasteiger partial charge is 0.431 e. The summed E-state index contributed by atoms with van der Waals surface area (Å²) in [6.45, 7) is 2.19. The Labute approximate surface area is 125 Å². The van der Waals surface area contributed by atoms with Gasteiger partial charge in [-0.1, -0.05) is 49.7 Å². The van der Waals surface area contributed by atoms with Crippen molar-refractivity contribution in [2.75, 3.05) is 5.32 Å². The molecule has 0 amide bonds. The van der Waals surface area contributed by atoms with Gasteiger partial charge in [-0.3, -0.25) is 0 Å². The van der Waals surface area contributed by atoms with Crippen molar-refractivity contribution in [3.05, 3.63) is 60.2 Å². The molecule has 0 aliphatic rings. The van der Waals surface area contributed by atoms with Gasteiger partial charge in [-0.25, -0.2) is 0 Å². The number of ether oxygens (including phenoxy) is 1. The summed E-state index contributed by atoms with van der Waals surface area (Å²) in [5.74, 6) is 0.842. The second-order valence-corrected chi connectivity index (χ2v) is 4.96. The minimum Gasteiger partial charge on any atom is -0.431 e. The summed E-state index contributed by atoms with van der Waals surface area (Å²) < 4.78 is 5.77. The molecule has 2 nitrogen and oxygen atoms in total. The van der Waals surface area contributed by atoms with Gasteiger partial charge in [-0.05, 0) is 48.8 Å². The summed E-state index contributed by atoms with van der Waals surface area (Å²) in [4.78, 5) is 0. The summed E-state index contributed by atoms with van der Waals surface area (Å²) in [6, 6.07) is 17.9. The summed E-state index contributed by atoms with van der Waals surface area (Å²) in [6.07, 6.45) is 3.33. The molecule has 0 atom stereocenters. The van der Waals surface area contributed by atoms with Crippen LogP contribution in [0.1, 0.15) is 25.3 Å². The van der Waals surface area contributed by atoms with E-state index in [2.05, 4.69) is 18.3 Å². The Bertz CT molecular complexity index is 554. The van der Waals surface area contributed by atoms with Crippen LogP contribution >= 0.6 is 12.2 Å². The van der Waals surface area contributed by atoms with Gasteiger partial charge in [-0.15, -0.1) is 0 Å². The summed E-state index contributed by atoms with van der Waals surface area (Å²) in [5.41, 5.74) is 2.13. The fourth-order valence-corrected chi connectivity index (χ4v) is 2.15. The maximum absolute atomic E-state index is 5.77. The van der Waals surface area contributed by atoms with Crippen molar-refractivity contribution in [2.24, 2.45) is 0 Å². The van der Waals surface area contributed by atoms with Gasteiger partial charge in [0.15, 0.2) is 0 Å². The van der Waals surface area contributed by atoms with Crippen LogP contribution in [0, 0.1) is 0 Å². The van der Waals surface area contributed by atoms with E-state index >= 15 is 0 Å². The highest BCUT2D eigenvalue weighted by atomic mass is 32.1. The lowest BCUT2D eigenvalue weighted by Gasteiger charge is -2.12. The standard InChI is InChI=1S/C17H19NOS/c1-2-3-9-14-10-7-8-13-16(14)19-17(20)18-15-11-5-4-6-12-15/h4-8,10-13H,2-3,9H2,1H3,(H,18,20). The maximum atomic E-state index is 5.77. The van der Waals surface area contributed by atoms with Crippen LogP contribution in [0.2, 0.25) is 0 Å². The quantitative estimate of drug-likeness (QED) is 0.797. The first-order valence-electron chi connectivity index (χ1n) is 6.91. The van der Waals surface area contributed by atoms with Gasteiger partial charge in [0, 0.05) is 5.69 Å². The Morgan fingerprint density at radius 2 is 1.75 bits per heavy atom. The number of hydrogen-bond acceptors (Lipinski definition) is 2. The van der Waals surface area contributed by atoms with Crippen LogP contribution in [0.15, 0.2) is 54.6 Å². The Morgan fingerprint density at radius 1 is 1.05 bits per heavy atom. The third kappa shape index (κ3) is 4.35. The summed E-state index contributed by atoms with van der Waals surface area (Å²) in [7, 11) is 0. The first kappa shape index (κ1) is 14.5. The van der Waals surface area contributed by atoms with Crippen LogP contribution in [0.5, 0.6) is 5.75 Å². The SMILES string of the molecule is CCCCc1ccccc1OC(=S)Nc1ccccc1. The van der Waals surface area contributed by atoms with E-state index in [1.807, 2.05) is 48.5 Å². The number of nitrogens with one attached hydrogen (secondary N) is 1. The molecule has 2 rings (SSSR count). The van der Waals surface area contributed by atoms with Crippen molar-refractivity contribution in [1.29, 1.82) is 0 Å². The lowest BCUT2D eigenvalue weighted by molar-refractivity contribution is 0.552. The van der Waals surface area contributed by atoms with E-state index in [9.17, 15) is 0 Å². The van der Waals surface area contributed by atoms with Crippen LogP contribution < -0.4 is 10.1 Å². The average Bonchev–Trinajstić information content (AvgIpc) is 2.47. The van der Waals surface area contributed by atoms with Crippen LogP contribution in [-0.4, -0.2) is 5.17 Å². The highest BCUT2D eigenvalue weighted by Crippen LogP contribution is 2.21. The number of thiocarbonyl (C=S) groups is 1. The molecule has 0 saturated heterocycles. The van der Waals surface area contributed by atoms with E-state index in [0.717, 1.165) is 24.3 Å². The van der Waals surface area contributed by atoms with E-state index in [4.69, 9.17) is 17.0 Å². The van der Waals surface area contributed by atoms with Gasteiger partial charge in [0.05, 0.1) is 0 Å². The Morgan fingerprint density at radius 3 is 2.50 bits per heavy atom. The van der Waals surface area contributed by atoms with Crippen LogP contribution in [0.4, 0.5) is 5.69 Å². The summed E-state index contributed by atoms with van der Waals surface area (Å²) >= 11 is 5.26. The molecule has 0 aliphatic carbocycles. The van der Waals surface area contributed by atoms with Crippen molar-refractivity contribution in [1.82, 2.24) is 0 Å². The third-order valence-electron chi connectivity index (χ3n) is 3.00. The molecule has 0 saturated carbocycles. The zero-order valence-electron chi connectivity index (χ0n) is 11.6. The molecule has 2 aromatic carbocycles. The average molecular weight is 285 g/mol. The van der Waals surface area contributed by atoms with Gasteiger partial charge in [-0.2, -0.15) is 0 Å². The molecule has 0 spiro atoms. The van der Waals surface area contributed by atoms with Crippen molar-refractivity contribution in [2.45, 2.75) is 26.2 Å². The second-order valence-electron chi connectivity index (χ2n) is 4.59. The van der Waals surface area contributed by atoms with E-state index in [1.54, 1.807) is 0 Å². The van der Waals surface area contributed by atoms with Crippen molar-refractivity contribution in [3.63, 3.8) is 0 Å². The zero-order chi connectivity index (χ0) is 14.2. The molecule has 2 aromatic rings. The highest BCUT2D eigenvalue weighted by Gasteiger charge is 2.06. The molecule has 3 heteroatoms. The fraction of sp³-hybridized carbons (Fsp3) is 0.235. The van der Waals surface area contributed by atoms with Crippen molar-refractivity contribution >= 4 is 23.1 Å². The second kappa shape index (κ2) is 7.65. The molecule has 0 unspecified atom stereocenters. The molecule has 20 heavy (non-hydrogen) atoms. The molecule has 1 N–H and O–H groups in total. The molecule has 0 heterocycles. The topological polar surface area (TPSA) is 21.3 Å². The van der Waals surface area contributed by atoms with Crippen LogP contribution in [0.3, 0.4) is 0 Å². The third-order valence-corrected chi connectivity index (χ3v) is 3.18. The molecule has 0 radical (unpaired) electrons. The lowest BCUT2D eigenvalue weighted by Crippen LogP contribution is -2.17. The Balaban J connectivity index is 2.00. The van der Waals surface area contributed by atoms with Gasteiger partial charge in [0.25, 0.3) is 5.17 Å². The number of para-hydroxylation sites is 2. The van der Waals surface area contributed by atoms with Gasteiger partial charge in [0.2, 0.25) is 0 Å². The van der Waals surface area contributed by atoms with E-state index < -0.39 is 0 Å². The van der Waals surface area contributed by atoms with Crippen LogP contribution in [0.25, 0.3) is 0 Å². The molecule has 0 aromatic heterocycles. The lowest BCUT2D eigenvalue weighted by atomic mass is 10.1. The number of anilines is 1. The highest BCUT2D eigenvalue weighted by molar-refractivity contribution is 7.80. The molecule has 0 aliphatic heterocycles. The van der Waals surface area contributed by atoms with Crippen molar-refractivity contribution in [3.8, 4) is 5.75 Å². The zero-order valence-corrected chi connectivity index (χ0v) is 12.5. The maximum Gasteiger partial charge on any atom is 0.266 e. The first-order valence-corrected chi connectivity index (χ1v) is 7.32. The molecular formula is C17H19NOS. The number of aryl methyl sites for hydroxylation is 1. The minimum atomic E-state index is 0.375. The number of unbranched alkanes of at least 4 members (excludes halogenated alkanes) is 1. The number of benzene rings is 2. The first-order chi connectivity index (χ1) is 9.79. The van der Waals surface area contributed by atoms with Crippen molar-refractivity contribution < 1.29 is 4.74 Å². The Kier molecular flexibility index (Phi) is 5.56. The smallest absolute Gasteiger partial charge is 0.266 e. The predicted molar refractivity (Wildman–Crippen MR) is 88.3 cm³/mol. The summed E-state index contributed by atoms with van der Waals surface area (Å²) in [5, 5.41) is 3.46. The van der Waals surface area contributed by atoms with Gasteiger partial charge < -0.3 is 10.1 Å². The molecular weight excluding hydrogens is 266 g/mol. The number of hydrogen-bond donors (Lipinski definition) is 1. The van der Waals surface area contributed by atoms with E-state index in [1.165, 1.54) is 12.0 Å². The van der Waals surface area contributed by atoms with E-state index in [-0.39, 0.29) is 0 Å². The molecule has 0 bridgehead atoms. The Hall–Kier alpha value is -1.87. The number of rotatable bonds is 5. The minimum absolute atomic E-state index is 0.375.